The Hall–Kier alpha value is -1.63. The molecule has 2 unspecified atom stereocenters. The SMILES string of the molecule is CC1C[C@@]2(O)[C@H]3Cc4ccc(O)c5c4[C@@]2(CC[N+]3([O-])CC2CC2)[C@@H](O5)C1=O. The van der Waals surface area contributed by atoms with Crippen LogP contribution in [0.3, 0.4) is 0 Å². The van der Waals surface area contributed by atoms with E-state index in [0.29, 0.717) is 44.0 Å². The Bertz CT molecular complexity index is 882. The van der Waals surface area contributed by atoms with Crippen LogP contribution in [-0.4, -0.2) is 51.5 Å². The number of phenolic OH excluding ortho intramolecular Hbond substituents is 1. The zero-order valence-electron chi connectivity index (χ0n) is 15.5. The van der Waals surface area contributed by atoms with Crippen molar-refractivity contribution in [3.05, 3.63) is 28.5 Å². The number of benzene rings is 1. The van der Waals surface area contributed by atoms with Crippen LogP contribution in [0.4, 0.5) is 0 Å². The molecular formula is C21H25NO5. The van der Waals surface area contributed by atoms with E-state index in [4.69, 9.17) is 4.74 Å². The molecule has 2 heterocycles. The molecule has 3 fully saturated rings. The van der Waals surface area contributed by atoms with Gasteiger partial charge in [0.15, 0.2) is 23.4 Å². The van der Waals surface area contributed by atoms with Crippen LogP contribution in [0.15, 0.2) is 12.1 Å². The highest BCUT2D eigenvalue weighted by molar-refractivity contribution is 5.91. The third kappa shape index (κ3) is 1.71. The van der Waals surface area contributed by atoms with Gasteiger partial charge in [0.1, 0.15) is 11.6 Å². The summed E-state index contributed by atoms with van der Waals surface area (Å²) in [4.78, 5) is 13.1. The molecule has 0 amide bonds. The van der Waals surface area contributed by atoms with Crippen LogP contribution in [0, 0.1) is 17.0 Å². The Morgan fingerprint density at radius 3 is 2.89 bits per heavy atom. The first-order valence-electron chi connectivity index (χ1n) is 10.2. The van der Waals surface area contributed by atoms with E-state index in [1.54, 1.807) is 6.07 Å². The fourth-order valence-electron chi connectivity index (χ4n) is 6.81. The first kappa shape index (κ1) is 16.3. The van der Waals surface area contributed by atoms with Gasteiger partial charge in [0.25, 0.3) is 0 Å². The van der Waals surface area contributed by atoms with Crippen molar-refractivity contribution in [1.82, 2.24) is 0 Å². The van der Waals surface area contributed by atoms with E-state index in [0.717, 1.165) is 24.0 Å². The van der Waals surface area contributed by atoms with Crippen molar-refractivity contribution in [3.63, 3.8) is 0 Å². The highest BCUT2D eigenvalue weighted by Gasteiger charge is 2.77. The van der Waals surface area contributed by atoms with E-state index < -0.39 is 23.2 Å². The summed E-state index contributed by atoms with van der Waals surface area (Å²) in [7, 11) is 0. The van der Waals surface area contributed by atoms with Crippen molar-refractivity contribution >= 4 is 5.78 Å². The number of ether oxygens (including phenoxy) is 1. The maximum absolute atomic E-state index is 14.0. The molecule has 1 aromatic rings. The van der Waals surface area contributed by atoms with Crippen molar-refractivity contribution in [2.75, 3.05) is 13.1 Å². The molecule has 6 nitrogen and oxygen atoms in total. The Balaban J connectivity index is 1.61. The van der Waals surface area contributed by atoms with Crippen LogP contribution in [-0.2, 0) is 16.6 Å². The minimum absolute atomic E-state index is 0.0185. The fourth-order valence-corrected chi connectivity index (χ4v) is 6.81. The standard InChI is InChI=1S/C21H25NO5/c1-11-9-21(25)15-8-13-4-5-14(23)18-16(13)20(21,19(27-18)17(11)24)6-7-22(15,26)10-12-2-3-12/h4-5,11-12,15,19,23,25H,2-3,6-10H2,1H3/t11?,15-,19+,20+,21-,22?/m1/s1. The minimum atomic E-state index is -1.27. The predicted octanol–water partition coefficient (Wildman–Crippen LogP) is 1.78. The third-order valence-corrected chi connectivity index (χ3v) is 8.17. The van der Waals surface area contributed by atoms with Gasteiger partial charge in [0.05, 0.1) is 18.5 Å². The topological polar surface area (TPSA) is 89.8 Å². The lowest BCUT2D eigenvalue weighted by Crippen LogP contribution is -2.81. The number of carbonyl (C=O) groups is 1. The third-order valence-electron chi connectivity index (χ3n) is 8.17. The number of rotatable bonds is 2. The van der Waals surface area contributed by atoms with Crippen LogP contribution in [0.1, 0.15) is 43.7 Å². The summed E-state index contributed by atoms with van der Waals surface area (Å²) in [6.07, 6.45) is 2.63. The van der Waals surface area contributed by atoms with E-state index >= 15 is 0 Å². The van der Waals surface area contributed by atoms with Gasteiger partial charge in [0, 0.05) is 30.2 Å². The molecule has 6 atom stereocenters. The Kier molecular flexibility index (Phi) is 2.83. The van der Waals surface area contributed by atoms with Crippen LogP contribution < -0.4 is 4.74 Å². The summed E-state index contributed by atoms with van der Waals surface area (Å²) in [5.74, 6) is 0.460. The van der Waals surface area contributed by atoms with Gasteiger partial charge in [0.2, 0.25) is 0 Å². The number of carbonyl (C=O) groups excluding carboxylic acids is 1. The van der Waals surface area contributed by atoms with Gasteiger partial charge in [-0.2, -0.15) is 0 Å². The van der Waals surface area contributed by atoms with Crippen molar-refractivity contribution < 1.29 is 24.4 Å². The fraction of sp³-hybridized carbons (Fsp3) is 0.667. The van der Waals surface area contributed by atoms with Crippen molar-refractivity contribution in [1.29, 1.82) is 0 Å². The number of ketones is 1. The van der Waals surface area contributed by atoms with Gasteiger partial charge in [-0.15, -0.1) is 0 Å². The number of Topliss-reactive ketones (excluding diaryl/α,β-unsaturated/α-hetero) is 1. The van der Waals surface area contributed by atoms with Gasteiger partial charge in [-0.3, -0.25) is 4.79 Å². The lowest BCUT2D eigenvalue weighted by atomic mass is 9.47. The van der Waals surface area contributed by atoms with Crippen LogP contribution in [0.25, 0.3) is 0 Å². The van der Waals surface area contributed by atoms with E-state index in [1.165, 1.54) is 0 Å². The molecule has 3 aliphatic carbocycles. The number of hydrogen-bond acceptors (Lipinski definition) is 5. The van der Waals surface area contributed by atoms with E-state index in [1.807, 2.05) is 13.0 Å². The zero-order chi connectivity index (χ0) is 18.8. The number of aromatic hydroxyl groups is 1. The average molecular weight is 371 g/mol. The van der Waals surface area contributed by atoms with Crippen molar-refractivity contribution in [2.24, 2.45) is 11.8 Å². The second-order valence-electron chi connectivity index (χ2n) is 9.62. The lowest BCUT2D eigenvalue weighted by molar-refractivity contribution is -0.924. The smallest absolute Gasteiger partial charge is 0.177 e. The molecule has 1 saturated heterocycles. The number of likely N-dealkylation sites (tertiary alicyclic amines) is 1. The molecule has 2 saturated carbocycles. The van der Waals surface area contributed by atoms with Crippen LogP contribution in [0.2, 0.25) is 0 Å². The normalized spacial score (nSPS) is 46.8. The number of quaternary nitrogens is 1. The molecule has 6 rings (SSSR count). The van der Waals surface area contributed by atoms with E-state index in [9.17, 15) is 20.2 Å². The summed E-state index contributed by atoms with van der Waals surface area (Å²) >= 11 is 0. The number of hydrogen-bond donors (Lipinski definition) is 2. The summed E-state index contributed by atoms with van der Waals surface area (Å²) in [6.45, 7) is 2.79. The summed E-state index contributed by atoms with van der Waals surface area (Å²) in [5, 5.41) is 36.5. The molecule has 0 aromatic heterocycles. The number of piperidine rings is 1. The molecule has 1 spiro atoms. The van der Waals surface area contributed by atoms with Gasteiger partial charge >= 0.3 is 0 Å². The van der Waals surface area contributed by atoms with Crippen molar-refractivity contribution in [3.8, 4) is 11.5 Å². The first-order valence-corrected chi connectivity index (χ1v) is 10.2. The molecule has 2 N–H and O–H groups in total. The molecule has 2 bridgehead atoms. The van der Waals surface area contributed by atoms with Crippen LogP contribution >= 0.6 is 0 Å². The molecule has 0 radical (unpaired) electrons. The minimum Gasteiger partial charge on any atom is -0.632 e. The molecule has 6 heteroatoms. The van der Waals surface area contributed by atoms with Gasteiger partial charge in [-0.05, 0) is 30.9 Å². The Labute approximate surface area is 157 Å². The summed E-state index contributed by atoms with van der Waals surface area (Å²) in [5.41, 5.74) is -0.412. The van der Waals surface area contributed by atoms with Gasteiger partial charge < -0.3 is 24.8 Å². The average Bonchev–Trinajstić information content (AvgIpc) is 3.34. The summed E-state index contributed by atoms with van der Waals surface area (Å²) < 4.78 is 5.70. The number of aliphatic hydroxyl groups is 1. The largest absolute Gasteiger partial charge is 0.632 e. The number of hydroxylamine groups is 3. The van der Waals surface area contributed by atoms with Gasteiger partial charge in [-0.25, -0.2) is 0 Å². The molecule has 144 valence electrons. The van der Waals surface area contributed by atoms with Crippen molar-refractivity contribution in [2.45, 2.75) is 62.2 Å². The summed E-state index contributed by atoms with van der Waals surface area (Å²) in [6, 6.07) is 2.97. The Morgan fingerprint density at radius 2 is 2.15 bits per heavy atom. The number of nitrogens with zero attached hydrogens (tertiary/aromatic N) is 1. The predicted molar refractivity (Wildman–Crippen MR) is 96.1 cm³/mol. The highest BCUT2D eigenvalue weighted by atomic mass is 16.6. The van der Waals surface area contributed by atoms with Gasteiger partial charge in [-0.1, -0.05) is 13.0 Å². The quantitative estimate of drug-likeness (QED) is 0.611. The maximum Gasteiger partial charge on any atom is 0.177 e. The van der Waals surface area contributed by atoms with E-state index in [-0.39, 0.29) is 22.1 Å². The molecule has 2 aliphatic heterocycles. The van der Waals surface area contributed by atoms with E-state index in [2.05, 4.69) is 0 Å². The lowest BCUT2D eigenvalue weighted by Gasteiger charge is -2.67. The second kappa shape index (κ2) is 4.67. The molecule has 1 aromatic carbocycles. The number of phenols is 1. The molecular weight excluding hydrogens is 346 g/mol. The maximum atomic E-state index is 14.0. The second-order valence-corrected chi connectivity index (χ2v) is 9.62. The first-order chi connectivity index (χ1) is 12.8. The zero-order valence-corrected chi connectivity index (χ0v) is 15.5. The van der Waals surface area contributed by atoms with Crippen LogP contribution in [0.5, 0.6) is 11.5 Å². The Morgan fingerprint density at radius 1 is 1.37 bits per heavy atom. The highest BCUT2D eigenvalue weighted by Crippen LogP contribution is 2.66. The molecule has 5 aliphatic rings. The monoisotopic (exact) mass is 371 g/mol. The molecule has 27 heavy (non-hydrogen) atoms.